The van der Waals surface area contributed by atoms with E-state index in [1.54, 1.807) is 12.1 Å². The first-order valence-electron chi connectivity index (χ1n) is 7.65. The Bertz CT molecular complexity index is 747. The van der Waals surface area contributed by atoms with E-state index in [1.807, 2.05) is 48.5 Å². The lowest BCUT2D eigenvalue weighted by Gasteiger charge is -2.25. The standard InChI is InChI=1S/C20H18N2O2/c21-24-20(23)17-13-11-16(12-14-17)15-22(18-7-3-1-4-8-18)19-9-5-2-6-10-19/h1-14H,15,21H2. The summed E-state index contributed by atoms with van der Waals surface area (Å²) in [7, 11) is 0. The molecule has 0 aromatic heterocycles. The number of carbonyl (C=O) groups excluding carboxylic acids is 1. The van der Waals surface area contributed by atoms with Gasteiger partial charge >= 0.3 is 5.97 Å². The average Bonchev–Trinajstić information content (AvgIpc) is 2.67. The molecule has 0 fully saturated rings. The summed E-state index contributed by atoms with van der Waals surface area (Å²) in [6, 6.07) is 27.6. The van der Waals surface area contributed by atoms with E-state index >= 15 is 0 Å². The average molecular weight is 318 g/mol. The lowest BCUT2D eigenvalue weighted by molar-refractivity contribution is 0.0503. The molecule has 0 aliphatic rings. The van der Waals surface area contributed by atoms with Crippen LogP contribution in [0.15, 0.2) is 84.9 Å². The van der Waals surface area contributed by atoms with Gasteiger partial charge in [0.15, 0.2) is 0 Å². The van der Waals surface area contributed by atoms with Crippen molar-refractivity contribution in [3.63, 3.8) is 0 Å². The topological polar surface area (TPSA) is 55.6 Å². The fourth-order valence-corrected chi connectivity index (χ4v) is 2.54. The van der Waals surface area contributed by atoms with Gasteiger partial charge in [-0.1, -0.05) is 48.5 Å². The van der Waals surface area contributed by atoms with Crippen LogP contribution in [0.3, 0.4) is 0 Å². The summed E-state index contributed by atoms with van der Waals surface area (Å²) in [6.45, 7) is 0.686. The fraction of sp³-hybridized carbons (Fsp3) is 0.0500. The minimum Gasteiger partial charge on any atom is -0.370 e. The maximum absolute atomic E-state index is 11.4. The molecule has 0 amide bonds. The van der Waals surface area contributed by atoms with Gasteiger partial charge in [-0.15, -0.1) is 0 Å². The number of para-hydroxylation sites is 2. The number of anilines is 2. The molecule has 0 atom stereocenters. The van der Waals surface area contributed by atoms with Crippen molar-refractivity contribution < 1.29 is 9.63 Å². The summed E-state index contributed by atoms with van der Waals surface area (Å²) < 4.78 is 0. The Morgan fingerprint density at radius 2 is 1.29 bits per heavy atom. The van der Waals surface area contributed by atoms with E-state index < -0.39 is 5.97 Å². The van der Waals surface area contributed by atoms with Gasteiger partial charge in [0.05, 0.1) is 5.56 Å². The SMILES string of the molecule is NOC(=O)c1ccc(CN(c2ccccc2)c2ccccc2)cc1. The molecule has 0 aliphatic carbocycles. The van der Waals surface area contributed by atoms with Crippen LogP contribution in [0.1, 0.15) is 15.9 Å². The zero-order valence-corrected chi connectivity index (χ0v) is 13.1. The summed E-state index contributed by atoms with van der Waals surface area (Å²) in [5.41, 5.74) is 3.73. The molecule has 0 heterocycles. The number of hydrogen-bond acceptors (Lipinski definition) is 4. The molecule has 0 aliphatic heterocycles. The maximum atomic E-state index is 11.4. The van der Waals surface area contributed by atoms with E-state index in [2.05, 4.69) is 34.0 Å². The molecule has 0 bridgehead atoms. The molecule has 3 aromatic rings. The van der Waals surface area contributed by atoms with Gasteiger partial charge in [0.2, 0.25) is 0 Å². The highest BCUT2D eigenvalue weighted by atomic mass is 16.7. The van der Waals surface area contributed by atoms with Crippen molar-refractivity contribution in [1.82, 2.24) is 0 Å². The van der Waals surface area contributed by atoms with Crippen molar-refractivity contribution in [2.24, 2.45) is 5.90 Å². The number of nitrogens with two attached hydrogens (primary N) is 1. The van der Waals surface area contributed by atoms with Crippen LogP contribution in [0.25, 0.3) is 0 Å². The highest BCUT2D eigenvalue weighted by Crippen LogP contribution is 2.27. The zero-order valence-electron chi connectivity index (χ0n) is 13.1. The molecule has 4 heteroatoms. The molecule has 24 heavy (non-hydrogen) atoms. The molecular formula is C20H18N2O2. The Hall–Kier alpha value is -3.11. The predicted octanol–water partition coefficient (Wildman–Crippen LogP) is 4.06. The molecular weight excluding hydrogens is 300 g/mol. The third-order valence-electron chi connectivity index (χ3n) is 3.77. The van der Waals surface area contributed by atoms with Crippen molar-refractivity contribution in [3.8, 4) is 0 Å². The molecule has 4 nitrogen and oxygen atoms in total. The predicted molar refractivity (Wildman–Crippen MR) is 94.8 cm³/mol. The van der Waals surface area contributed by atoms with Gasteiger partial charge < -0.3 is 9.74 Å². The van der Waals surface area contributed by atoms with Crippen LogP contribution in [-0.4, -0.2) is 5.97 Å². The van der Waals surface area contributed by atoms with Crippen molar-refractivity contribution in [2.45, 2.75) is 6.54 Å². The van der Waals surface area contributed by atoms with E-state index in [0.717, 1.165) is 16.9 Å². The van der Waals surface area contributed by atoms with Gasteiger partial charge in [-0.2, -0.15) is 5.90 Å². The lowest BCUT2D eigenvalue weighted by atomic mass is 10.1. The van der Waals surface area contributed by atoms with Gasteiger partial charge in [-0.25, -0.2) is 4.79 Å². The van der Waals surface area contributed by atoms with Crippen LogP contribution in [0.5, 0.6) is 0 Å². The van der Waals surface area contributed by atoms with Crippen LogP contribution >= 0.6 is 0 Å². The summed E-state index contributed by atoms with van der Waals surface area (Å²) in [5, 5.41) is 0. The van der Waals surface area contributed by atoms with Crippen LogP contribution in [0.4, 0.5) is 11.4 Å². The second-order valence-corrected chi connectivity index (χ2v) is 5.36. The Morgan fingerprint density at radius 3 is 1.75 bits per heavy atom. The third kappa shape index (κ3) is 3.62. The van der Waals surface area contributed by atoms with Crippen LogP contribution in [0.2, 0.25) is 0 Å². The van der Waals surface area contributed by atoms with Crippen LogP contribution < -0.4 is 10.8 Å². The number of benzene rings is 3. The third-order valence-corrected chi connectivity index (χ3v) is 3.77. The first-order valence-corrected chi connectivity index (χ1v) is 7.65. The van der Waals surface area contributed by atoms with Crippen molar-refractivity contribution in [3.05, 3.63) is 96.1 Å². The quantitative estimate of drug-likeness (QED) is 0.721. The molecule has 0 spiro atoms. The monoisotopic (exact) mass is 318 g/mol. The smallest absolute Gasteiger partial charge is 0.356 e. The molecule has 0 unspecified atom stereocenters. The number of rotatable bonds is 5. The first-order chi connectivity index (χ1) is 11.8. The van der Waals surface area contributed by atoms with Gasteiger partial charge in [0.25, 0.3) is 0 Å². The maximum Gasteiger partial charge on any atom is 0.356 e. The second kappa shape index (κ2) is 7.44. The minimum absolute atomic E-state index is 0.437. The highest BCUT2D eigenvalue weighted by molar-refractivity contribution is 5.89. The van der Waals surface area contributed by atoms with Crippen molar-refractivity contribution >= 4 is 17.3 Å². The first kappa shape index (κ1) is 15.8. The summed E-state index contributed by atoms with van der Waals surface area (Å²) in [4.78, 5) is 17.9. The van der Waals surface area contributed by atoms with Crippen LogP contribution in [0, 0.1) is 0 Å². The molecule has 0 saturated heterocycles. The number of hydrogen-bond donors (Lipinski definition) is 1. The fourth-order valence-electron chi connectivity index (χ4n) is 2.54. The zero-order chi connectivity index (χ0) is 16.8. The molecule has 3 rings (SSSR count). The second-order valence-electron chi connectivity index (χ2n) is 5.36. The lowest BCUT2D eigenvalue weighted by Crippen LogP contribution is -2.16. The normalized spacial score (nSPS) is 10.2. The van der Waals surface area contributed by atoms with Crippen molar-refractivity contribution in [1.29, 1.82) is 0 Å². The summed E-state index contributed by atoms with van der Waals surface area (Å²) in [5.74, 6) is 4.38. The van der Waals surface area contributed by atoms with E-state index in [0.29, 0.717) is 12.1 Å². The van der Waals surface area contributed by atoms with Gasteiger partial charge in [-0.05, 0) is 42.0 Å². The minimum atomic E-state index is -0.537. The van der Waals surface area contributed by atoms with Crippen LogP contribution in [-0.2, 0) is 11.4 Å². The highest BCUT2D eigenvalue weighted by Gasteiger charge is 2.11. The largest absolute Gasteiger partial charge is 0.370 e. The molecule has 0 radical (unpaired) electrons. The number of carbonyl (C=O) groups is 1. The van der Waals surface area contributed by atoms with Crippen molar-refractivity contribution in [2.75, 3.05) is 4.90 Å². The molecule has 120 valence electrons. The number of nitrogens with zero attached hydrogens (tertiary/aromatic N) is 1. The van der Waals surface area contributed by atoms with Gasteiger partial charge in [0.1, 0.15) is 0 Å². The van der Waals surface area contributed by atoms with E-state index in [-0.39, 0.29) is 0 Å². The van der Waals surface area contributed by atoms with Gasteiger partial charge in [0, 0.05) is 17.9 Å². The summed E-state index contributed by atoms with van der Waals surface area (Å²) >= 11 is 0. The Balaban J connectivity index is 1.89. The Kier molecular flexibility index (Phi) is 4.89. The summed E-state index contributed by atoms with van der Waals surface area (Å²) in [6.07, 6.45) is 0. The van der Waals surface area contributed by atoms with E-state index in [1.165, 1.54) is 0 Å². The van der Waals surface area contributed by atoms with Gasteiger partial charge in [-0.3, -0.25) is 0 Å². The molecule has 3 aromatic carbocycles. The molecule has 0 saturated carbocycles. The molecule has 2 N–H and O–H groups in total. The Labute approximate surface area is 141 Å². The van der Waals surface area contributed by atoms with E-state index in [4.69, 9.17) is 5.90 Å². The Morgan fingerprint density at radius 1 is 0.792 bits per heavy atom. The van der Waals surface area contributed by atoms with E-state index in [9.17, 15) is 4.79 Å².